The lowest BCUT2D eigenvalue weighted by Gasteiger charge is -2.12. The second-order valence-electron chi connectivity index (χ2n) is 3.66. The van der Waals surface area contributed by atoms with Crippen LogP contribution < -0.4 is 5.11 Å². The Morgan fingerprint density at radius 2 is 2.05 bits per heavy atom. The topological polar surface area (TPSA) is 77.5 Å². The highest BCUT2D eigenvalue weighted by Crippen LogP contribution is 2.33. The second kappa shape index (κ2) is 5.46. The van der Waals surface area contributed by atoms with Crippen LogP contribution in [0.3, 0.4) is 0 Å². The van der Waals surface area contributed by atoms with E-state index >= 15 is 0 Å². The van der Waals surface area contributed by atoms with Crippen LogP contribution in [-0.4, -0.2) is 28.6 Å². The van der Waals surface area contributed by atoms with Crippen LogP contribution in [0.25, 0.3) is 6.08 Å². The predicted molar refractivity (Wildman–Crippen MR) is 69.1 cm³/mol. The van der Waals surface area contributed by atoms with E-state index in [2.05, 4.69) is 0 Å². The molecule has 0 aliphatic carbocycles. The highest BCUT2D eigenvalue weighted by Gasteiger charge is 2.34. The van der Waals surface area contributed by atoms with E-state index in [0.717, 1.165) is 0 Å². The van der Waals surface area contributed by atoms with Crippen LogP contribution in [-0.2, 0) is 9.59 Å². The second-order valence-corrected chi connectivity index (χ2v) is 5.06. The molecular formula is C12H7ClNO4S-. The van der Waals surface area contributed by atoms with Gasteiger partial charge in [-0.05, 0) is 29.5 Å². The summed E-state index contributed by atoms with van der Waals surface area (Å²) in [4.78, 5) is 34.6. The molecule has 0 bridgehead atoms. The molecule has 1 aliphatic rings. The van der Waals surface area contributed by atoms with E-state index in [1.807, 2.05) is 0 Å². The zero-order valence-corrected chi connectivity index (χ0v) is 11.0. The molecule has 0 saturated carbocycles. The van der Waals surface area contributed by atoms with Crippen LogP contribution in [0.5, 0.6) is 0 Å². The summed E-state index contributed by atoms with van der Waals surface area (Å²) in [5.41, 5.74) is 0.586. The van der Waals surface area contributed by atoms with Crippen molar-refractivity contribution in [3.05, 3.63) is 39.8 Å². The first-order chi connectivity index (χ1) is 8.99. The van der Waals surface area contributed by atoms with Gasteiger partial charge in [0.15, 0.2) is 0 Å². The number of nitrogens with zero attached hydrogens (tertiary/aromatic N) is 1. The third kappa shape index (κ3) is 2.97. The number of rotatable bonds is 3. The summed E-state index contributed by atoms with van der Waals surface area (Å²) < 4.78 is 0. The largest absolute Gasteiger partial charge is 0.548 e. The summed E-state index contributed by atoms with van der Waals surface area (Å²) in [6.07, 6.45) is 1.46. The molecule has 1 aromatic carbocycles. The van der Waals surface area contributed by atoms with Gasteiger partial charge in [0.1, 0.15) is 0 Å². The van der Waals surface area contributed by atoms with E-state index in [9.17, 15) is 19.5 Å². The Labute approximate surface area is 117 Å². The fourth-order valence-corrected chi connectivity index (χ4v) is 2.52. The van der Waals surface area contributed by atoms with Crippen LogP contribution in [0.2, 0.25) is 5.02 Å². The fourth-order valence-electron chi connectivity index (χ4n) is 1.50. The van der Waals surface area contributed by atoms with Crippen molar-refractivity contribution in [3.8, 4) is 0 Å². The summed E-state index contributed by atoms with van der Waals surface area (Å²) in [7, 11) is 0. The molecule has 5 nitrogen and oxygen atoms in total. The van der Waals surface area contributed by atoms with Gasteiger partial charge in [0.05, 0.1) is 17.4 Å². The lowest BCUT2D eigenvalue weighted by molar-refractivity contribution is -0.305. The maximum Gasteiger partial charge on any atom is 0.293 e. The minimum Gasteiger partial charge on any atom is -0.548 e. The van der Waals surface area contributed by atoms with Gasteiger partial charge in [0, 0.05) is 5.02 Å². The number of carboxylic acids is 1. The summed E-state index contributed by atoms with van der Waals surface area (Å²) in [6, 6.07) is 6.82. The first-order valence-electron chi connectivity index (χ1n) is 5.19. The van der Waals surface area contributed by atoms with E-state index in [0.29, 0.717) is 27.2 Å². The fraction of sp³-hybridized carbons (Fsp3) is 0.0833. The van der Waals surface area contributed by atoms with Crippen LogP contribution in [0.15, 0.2) is 29.2 Å². The van der Waals surface area contributed by atoms with E-state index in [-0.39, 0.29) is 4.91 Å². The summed E-state index contributed by atoms with van der Waals surface area (Å²) in [5, 5.41) is 10.3. The Morgan fingerprint density at radius 1 is 1.37 bits per heavy atom. The van der Waals surface area contributed by atoms with Crippen LogP contribution in [0.1, 0.15) is 5.56 Å². The lowest BCUT2D eigenvalue weighted by Crippen LogP contribution is -2.40. The number of carboxylic acid groups (broad SMARTS) is 1. The van der Waals surface area contributed by atoms with Gasteiger partial charge in [0.25, 0.3) is 11.1 Å². The van der Waals surface area contributed by atoms with Crippen LogP contribution >= 0.6 is 23.4 Å². The van der Waals surface area contributed by atoms with Gasteiger partial charge in [-0.15, -0.1) is 0 Å². The third-order valence-electron chi connectivity index (χ3n) is 2.35. The zero-order valence-electron chi connectivity index (χ0n) is 9.46. The molecule has 2 rings (SSSR count). The monoisotopic (exact) mass is 296 g/mol. The van der Waals surface area contributed by atoms with Gasteiger partial charge in [-0.2, -0.15) is 0 Å². The smallest absolute Gasteiger partial charge is 0.293 e. The Kier molecular flexibility index (Phi) is 3.92. The number of benzene rings is 1. The number of imide groups is 1. The molecule has 1 saturated heterocycles. The maximum atomic E-state index is 11.8. The number of hydrogen-bond acceptors (Lipinski definition) is 5. The van der Waals surface area contributed by atoms with E-state index in [4.69, 9.17) is 11.6 Å². The summed E-state index contributed by atoms with van der Waals surface area (Å²) in [6.45, 7) is -0.746. The minimum absolute atomic E-state index is 0.138. The van der Waals surface area contributed by atoms with Crippen LogP contribution in [0.4, 0.5) is 4.79 Å². The standard InChI is InChI=1S/C12H8ClNO4S/c13-8-4-2-1-3-7(8)5-9-11(17)14(6-10(15)16)12(18)19-9/h1-5H,6H2,(H,15,16)/p-1/b9-5-. The van der Waals surface area contributed by atoms with E-state index in [1.54, 1.807) is 24.3 Å². The van der Waals surface area contributed by atoms with Crippen molar-refractivity contribution < 1.29 is 19.5 Å². The number of hydrogen-bond donors (Lipinski definition) is 0. The molecule has 0 spiro atoms. The van der Waals surface area contributed by atoms with Crippen molar-refractivity contribution >= 4 is 46.6 Å². The predicted octanol–water partition coefficient (Wildman–Crippen LogP) is 1.13. The van der Waals surface area contributed by atoms with Gasteiger partial charge >= 0.3 is 0 Å². The molecular weight excluding hydrogens is 290 g/mol. The molecule has 19 heavy (non-hydrogen) atoms. The first-order valence-corrected chi connectivity index (χ1v) is 6.38. The SMILES string of the molecule is O=C([O-])CN1C(=O)S/C(=C\c2ccccc2Cl)C1=O. The number of carbonyl (C=O) groups is 3. The number of thioether (sulfide) groups is 1. The van der Waals surface area contributed by atoms with Gasteiger partial charge in [-0.3, -0.25) is 14.5 Å². The van der Waals surface area contributed by atoms with E-state index < -0.39 is 23.7 Å². The molecule has 0 N–H and O–H groups in total. The Bertz CT molecular complexity index is 599. The van der Waals surface area contributed by atoms with Crippen molar-refractivity contribution in [1.29, 1.82) is 0 Å². The molecule has 0 aromatic heterocycles. The molecule has 1 aliphatic heterocycles. The zero-order chi connectivity index (χ0) is 14.0. The average Bonchev–Trinajstić information content (AvgIpc) is 2.60. The molecule has 7 heteroatoms. The maximum absolute atomic E-state index is 11.8. The summed E-state index contributed by atoms with van der Waals surface area (Å²) >= 11 is 6.62. The quantitative estimate of drug-likeness (QED) is 0.781. The van der Waals surface area contributed by atoms with Gasteiger partial charge in [0.2, 0.25) is 0 Å². The number of halogens is 1. The molecule has 0 radical (unpaired) electrons. The highest BCUT2D eigenvalue weighted by atomic mass is 35.5. The highest BCUT2D eigenvalue weighted by molar-refractivity contribution is 8.18. The van der Waals surface area contributed by atoms with E-state index in [1.165, 1.54) is 6.08 Å². The average molecular weight is 297 g/mol. The first kappa shape index (κ1) is 13.6. The lowest BCUT2D eigenvalue weighted by atomic mass is 10.2. The Morgan fingerprint density at radius 3 is 2.68 bits per heavy atom. The third-order valence-corrected chi connectivity index (χ3v) is 3.60. The van der Waals surface area contributed by atoms with Crippen molar-refractivity contribution in [2.45, 2.75) is 0 Å². The molecule has 1 heterocycles. The Hall–Kier alpha value is -1.79. The normalized spacial score (nSPS) is 17.3. The van der Waals surface area contributed by atoms with Crippen molar-refractivity contribution in [3.63, 3.8) is 0 Å². The van der Waals surface area contributed by atoms with Crippen molar-refractivity contribution in [2.24, 2.45) is 0 Å². The molecule has 0 unspecified atom stereocenters. The Balaban J connectivity index is 2.28. The molecule has 2 amide bonds. The molecule has 98 valence electrons. The van der Waals surface area contributed by atoms with Gasteiger partial charge in [-0.1, -0.05) is 29.8 Å². The van der Waals surface area contributed by atoms with Crippen molar-refractivity contribution in [2.75, 3.05) is 6.54 Å². The number of aliphatic carboxylic acids is 1. The minimum atomic E-state index is -1.48. The number of carbonyl (C=O) groups excluding carboxylic acids is 3. The van der Waals surface area contributed by atoms with Crippen molar-refractivity contribution in [1.82, 2.24) is 4.90 Å². The van der Waals surface area contributed by atoms with Gasteiger partial charge < -0.3 is 9.90 Å². The number of amides is 2. The molecule has 0 atom stereocenters. The molecule has 1 fully saturated rings. The molecule has 1 aromatic rings. The van der Waals surface area contributed by atoms with Gasteiger partial charge in [-0.25, -0.2) is 0 Å². The summed E-state index contributed by atoms with van der Waals surface area (Å²) in [5.74, 6) is -2.14. The van der Waals surface area contributed by atoms with Crippen LogP contribution in [0, 0.1) is 0 Å².